The molecule has 3 unspecified atom stereocenters. The Hall–Kier alpha value is -0.340. The summed E-state index contributed by atoms with van der Waals surface area (Å²) in [5, 5.41) is 0. The van der Waals surface area contributed by atoms with E-state index in [4.69, 9.17) is 5.73 Å². The fraction of sp³-hybridized carbons (Fsp3) is 0.750. The van der Waals surface area contributed by atoms with Gasteiger partial charge in [-0.25, -0.2) is 0 Å². The molecule has 0 amide bonds. The van der Waals surface area contributed by atoms with Gasteiger partial charge in [-0.2, -0.15) is 0 Å². The second kappa shape index (κ2) is 5.34. The minimum Gasteiger partial charge on any atom is -0.330 e. The highest BCUT2D eigenvalue weighted by Gasteiger charge is 2.36. The lowest BCUT2D eigenvalue weighted by molar-refractivity contribution is 0.134. The van der Waals surface area contributed by atoms with Gasteiger partial charge in [0.15, 0.2) is 0 Å². The van der Waals surface area contributed by atoms with Crippen molar-refractivity contribution in [2.45, 2.75) is 52.9 Å². The lowest BCUT2D eigenvalue weighted by atomic mass is 9.65. The van der Waals surface area contributed by atoms with Gasteiger partial charge in [0.25, 0.3) is 0 Å². The van der Waals surface area contributed by atoms with Crippen molar-refractivity contribution in [2.75, 3.05) is 6.54 Å². The van der Waals surface area contributed by atoms with Gasteiger partial charge in [-0.1, -0.05) is 20.8 Å². The van der Waals surface area contributed by atoms with Gasteiger partial charge >= 0.3 is 0 Å². The van der Waals surface area contributed by atoms with Crippen molar-refractivity contribution in [1.82, 2.24) is 0 Å². The summed E-state index contributed by atoms with van der Waals surface area (Å²) < 4.78 is 0. The Morgan fingerprint density at radius 3 is 2.50 bits per heavy atom. The van der Waals surface area contributed by atoms with E-state index in [0.29, 0.717) is 17.3 Å². The zero-order valence-corrected chi connectivity index (χ0v) is 13.0. The molecule has 1 saturated carbocycles. The van der Waals surface area contributed by atoms with Crippen LogP contribution in [-0.4, -0.2) is 6.54 Å². The molecule has 3 atom stereocenters. The number of rotatable bonds is 2. The largest absolute Gasteiger partial charge is 0.330 e. The highest BCUT2D eigenvalue weighted by molar-refractivity contribution is 7.12. The van der Waals surface area contributed by atoms with E-state index in [-0.39, 0.29) is 0 Å². The van der Waals surface area contributed by atoms with Gasteiger partial charge in [0.05, 0.1) is 0 Å². The maximum absolute atomic E-state index is 6.00. The van der Waals surface area contributed by atoms with Gasteiger partial charge in [0.1, 0.15) is 0 Å². The fourth-order valence-electron chi connectivity index (χ4n) is 3.30. The first-order valence-electron chi connectivity index (χ1n) is 7.18. The summed E-state index contributed by atoms with van der Waals surface area (Å²) in [6, 6.07) is 4.59. The first kappa shape index (κ1) is 14.1. The molecule has 1 aliphatic rings. The van der Waals surface area contributed by atoms with Crippen LogP contribution < -0.4 is 5.73 Å². The Bertz CT molecular complexity index is 388. The van der Waals surface area contributed by atoms with Crippen molar-refractivity contribution in [1.29, 1.82) is 0 Å². The van der Waals surface area contributed by atoms with Gasteiger partial charge in [-0.05, 0) is 68.0 Å². The van der Waals surface area contributed by atoms with E-state index in [2.05, 4.69) is 39.8 Å². The second-order valence-electron chi connectivity index (χ2n) is 6.93. The minimum absolute atomic E-state index is 0.435. The molecular formula is C16H27NS. The highest BCUT2D eigenvalue weighted by Crippen LogP contribution is 2.47. The number of hydrogen-bond donors (Lipinski definition) is 1. The molecule has 0 bridgehead atoms. The average Bonchev–Trinajstić information content (AvgIpc) is 2.73. The molecule has 0 aromatic carbocycles. The summed E-state index contributed by atoms with van der Waals surface area (Å²) >= 11 is 1.97. The second-order valence-corrected chi connectivity index (χ2v) is 8.25. The molecule has 18 heavy (non-hydrogen) atoms. The van der Waals surface area contributed by atoms with E-state index in [1.807, 2.05) is 11.3 Å². The zero-order valence-electron chi connectivity index (χ0n) is 12.2. The summed E-state index contributed by atoms with van der Waals surface area (Å²) in [5.41, 5.74) is 6.43. The Kier molecular flexibility index (Phi) is 4.18. The summed E-state index contributed by atoms with van der Waals surface area (Å²) in [5.74, 6) is 2.24. The van der Waals surface area contributed by atoms with Crippen LogP contribution in [0.15, 0.2) is 12.1 Å². The summed E-state index contributed by atoms with van der Waals surface area (Å²) in [4.78, 5) is 3.00. The van der Waals surface area contributed by atoms with Crippen LogP contribution in [0.2, 0.25) is 0 Å². The van der Waals surface area contributed by atoms with Crippen molar-refractivity contribution >= 4 is 11.3 Å². The van der Waals surface area contributed by atoms with E-state index >= 15 is 0 Å². The molecule has 1 aromatic rings. The molecule has 2 N–H and O–H groups in total. The third-order valence-corrected chi connectivity index (χ3v) is 5.78. The molecule has 102 valence electrons. The molecule has 0 spiro atoms. The minimum atomic E-state index is 0.435. The van der Waals surface area contributed by atoms with Crippen LogP contribution in [0.5, 0.6) is 0 Å². The molecule has 1 fully saturated rings. The average molecular weight is 265 g/mol. The van der Waals surface area contributed by atoms with Crippen LogP contribution in [0.3, 0.4) is 0 Å². The van der Waals surface area contributed by atoms with Crippen LogP contribution in [0.4, 0.5) is 0 Å². The van der Waals surface area contributed by atoms with E-state index < -0.39 is 0 Å². The standard InChI is InChI=1S/C16H27NS/c1-11-5-8-15(18-11)14-9-13(16(2,3)4)7-6-12(14)10-17/h5,8,12-14H,6-7,9-10,17H2,1-4H3. The van der Waals surface area contributed by atoms with Gasteiger partial charge in [0.2, 0.25) is 0 Å². The molecule has 2 heteroatoms. The SMILES string of the molecule is Cc1ccc(C2CC(C(C)(C)C)CCC2CN)s1. The van der Waals surface area contributed by atoms with Crippen molar-refractivity contribution in [3.8, 4) is 0 Å². The quantitative estimate of drug-likeness (QED) is 0.833. The smallest absolute Gasteiger partial charge is 0.00823 e. The lowest BCUT2D eigenvalue weighted by Gasteiger charge is -2.41. The molecule has 1 heterocycles. The Labute approximate surface area is 116 Å². The van der Waals surface area contributed by atoms with Crippen LogP contribution in [0.1, 0.15) is 55.7 Å². The van der Waals surface area contributed by atoms with Crippen LogP contribution in [0, 0.1) is 24.2 Å². The van der Waals surface area contributed by atoms with Gasteiger partial charge in [-0.3, -0.25) is 0 Å². The normalized spacial score (nSPS) is 29.5. The van der Waals surface area contributed by atoms with E-state index in [0.717, 1.165) is 12.5 Å². The van der Waals surface area contributed by atoms with E-state index in [9.17, 15) is 0 Å². The van der Waals surface area contributed by atoms with Crippen molar-refractivity contribution in [3.05, 3.63) is 21.9 Å². The highest BCUT2D eigenvalue weighted by atomic mass is 32.1. The predicted octanol–water partition coefficient (Wildman–Crippen LogP) is 4.56. The lowest BCUT2D eigenvalue weighted by Crippen LogP contribution is -2.33. The predicted molar refractivity (Wildman–Crippen MR) is 81.1 cm³/mol. The van der Waals surface area contributed by atoms with Crippen LogP contribution in [0.25, 0.3) is 0 Å². The summed E-state index contributed by atoms with van der Waals surface area (Å²) in [7, 11) is 0. The Morgan fingerprint density at radius 2 is 2.00 bits per heavy atom. The number of hydrogen-bond acceptors (Lipinski definition) is 2. The maximum Gasteiger partial charge on any atom is 0.00823 e. The van der Waals surface area contributed by atoms with Crippen LogP contribution in [-0.2, 0) is 0 Å². The van der Waals surface area contributed by atoms with E-state index in [1.54, 1.807) is 4.88 Å². The molecule has 0 saturated heterocycles. The third-order valence-electron chi connectivity index (χ3n) is 4.65. The number of aryl methyl sites for hydroxylation is 1. The molecular weight excluding hydrogens is 238 g/mol. The first-order chi connectivity index (χ1) is 8.41. The van der Waals surface area contributed by atoms with Crippen LogP contribution >= 0.6 is 11.3 Å². The molecule has 0 radical (unpaired) electrons. The summed E-state index contributed by atoms with van der Waals surface area (Å²) in [6.07, 6.45) is 3.98. The van der Waals surface area contributed by atoms with Crippen molar-refractivity contribution < 1.29 is 0 Å². The van der Waals surface area contributed by atoms with Gasteiger partial charge in [-0.15, -0.1) is 11.3 Å². The Balaban J connectivity index is 2.18. The van der Waals surface area contributed by atoms with Crippen molar-refractivity contribution in [3.63, 3.8) is 0 Å². The number of nitrogens with two attached hydrogens (primary N) is 1. The first-order valence-corrected chi connectivity index (χ1v) is 8.00. The maximum atomic E-state index is 6.00. The molecule has 1 nitrogen and oxygen atoms in total. The third kappa shape index (κ3) is 2.97. The molecule has 1 aromatic heterocycles. The molecule has 1 aliphatic carbocycles. The molecule has 2 rings (SSSR count). The van der Waals surface area contributed by atoms with Gasteiger partial charge in [0, 0.05) is 9.75 Å². The number of thiophene rings is 1. The Morgan fingerprint density at radius 1 is 1.28 bits per heavy atom. The zero-order chi connectivity index (χ0) is 13.3. The monoisotopic (exact) mass is 265 g/mol. The van der Waals surface area contributed by atoms with Gasteiger partial charge < -0.3 is 5.73 Å². The summed E-state index contributed by atoms with van der Waals surface area (Å²) in [6.45, 7) is 10.2. The van der Waals surface area contributed by atoms with Crippen molar-refractivity contribution in [2.24, 2.45) is 23.0 Å². The molecule has 0 aliphatic heterocycles. The fourth-order valence-corrected chi connectivity index (χ4v) is 4.39. The topological polar surface area (TPSA) is 26.0 Å². The van der Waals surface area contributed by atoms with E-state index in [1.165, 1.54) is 24.1 Å².